The van der Waals surface area contributed by atoms with E-state index in [1.165, 1.54) is 12.1 Å². The molecule has 0 unspecified atom stereocenters. The van der Waals surface area contributed by atoms with Gasteiger partial charge in [0, 0.05) is 35.6 Å². The highest BCUT2D eigenvalue weighted by molar-refractivity contribution is 6.04. The summed E-state index contributed by atoms with van der Waals surface area (Å²) in [5, 5.41) is 7.69. The first-order valence-corrected chi connectivity index (χ1v) is 8.99. The van der Waals surface area contributed by atoms with Gasteiger partial charge in [-0.1, -0.05) is 24.3 Å². The molecule has 2 aromatic heterocycles. The Bertz CT molecular complexity index is 1190. The van der Waals surface area contributed by atoms with E-state index >= 15 is 0 Å². The Morgan fingerprint density at radius 1 is 1.00 bits per heavy atom. The molecule has 4 N–H and O–H groups in total. The quantitative estimate of drug-likeness (QED) is 0.477. The molecule has 0 saturated carbocycles. The lowest BCUT2D eigenvalue weighted by molar-refractivity contribution is 0.102. The predicted octanol–water partition coefficient (Wildman–Crippen LogP) is 4.22. The second-order valence-electron chi connectivity index (χ2n) is 6.47. The third-order valence-corrected chi connectivity index (χ3v) is 4.47. The highest BCUT2D eigenvalue weighted by Gasteiger charge is 2.11. The molecule has 144 valence electrons. The lowest BCUT2D eigenvalue weighted by atomic mass is 10.1. The molecule has 2 heterocycles. The predicted molar refractivity (Wildman–Crippen MR) is 112 cm³/mol. The molecule has 0 aliphatic heterocycles. The number of nitrogens with one attached hydrogen (secondary N) is 2. The van der Waals surface area contributed by atoms with Crippen molar-refractivity contribution in [1.82, 2.24) is 9.97 Å². The van der Waals surface area contributed by atoms with Crippen molar-refractivity contribution in [2.24, 2.45) is 0 Å². The van der Waals surface area contributed by atoms with E-state index in [0.717, 1.165) is 10.8 Å². The summed E-state index contributed by atoms with van der Waals surface area (Å²) in [6, 6.07) is 17.3. The molecule has 0 bridgehead atoms. The fourth-order valence-corrected chi connectivity index (χ4v) is 2.95. The van der Waals surface area contributed by atoms with E-state index in [2.05, 4.69) is 20.6 Å². The molecule has 2 aromatic carbocycles. The second-order valence-corrected chi connectivity index (χ2v) is 6.47. The van der Waals surface area contributed by atoms with Gasteiger partial charge in [0.2, 0.25) is 0 Å². The number of nitrogens with two attached hydrogens (primary N) is 1. The molecule has 0 aliphatic carbocycles. The molecule has 0 fully saturated rings. The number of fused-ring (bicyclic) bond motifs is 1. The fourth-order valence-electron chi connectivity index (χ4n) is 2.95. The molecular weight excluding hydrogens is 369 g/mol. The molecular formula is C22H18FN5O. The number of hydrogen-bond donors (Lipinski definition) is 3. The van der Waals surface area contributed by atoms with E-state index in [-0.39, 0.29) is 24.0 Å². The molecule has 0 saturated heterocycles. The van der Waals surface area contributed by atoms with Gasteiger partial charge in [0.25, 0.3) is 5.91 Å². The molecule has 7 heteroatoms. The normalized spacial score (nSPS) is 10.7. The monoisotopic (exact) mass is 387 g/mol. The first kappa shape index (κ1) is 18.4. The van der Waals surface area contributed by atoms with Crippen LogP contribution < -0.4 is 16.4 Å². The molecule has 0 spiro atoms. The van der Waals surface area contributed by atoms with Crippen LogP contribution in [0.25, 0.3) is 10.8 Å². The van der Waals surface area contributed by atoms with Gasteiger partial charge >= 0.3 is 0 Å². The van der Waals surface area contributed by atoms with Crippen LogP contribution in [0.1, 0.15) is 16.1 Å². The summed E-state index contributed by atoms with van der Waals surface area (Å²) in [5.74, 6) is -0.417. The number of halogens is 1. The number of carbonyl (C=O) groups is 1. The maximum Gasteiger partial charge on any atom is 0.274 e. The summed E-state index contributed by atoms with van der Waals surface area (Å²) < 4.78 is 14.2. The molecule has 0 radical (unpaired) electrons. The van der Waals surface area contributed by atoms with Crippen molar-refractivity contribution in [3.63, 3.8) is 0 Å². The number of rotatable bonds is 5. The average Bonchev–Trinajstić information content (AvgIpc) is 2.74. The van der Waals surface area contributed by atoms with Crippen molar-refractivity contribution in [2.75, 3.05) is 16.4 Å². The average molecular weight is 387 g/mol. The minimum atomic E-state index is -0.387. The van der Waals surface area contributed by atoms with Crippen molar-refractivity contribution in [1.29, 1.82) is 0 Å². The van der Waals surface area contributed by atoms with Crippen LogP contribution in [-0.2, 0) is 6.54 Å². The van der Waals surface area contributed by atoms with Crippen LogP contribution in [-0.4, -0.2) is 15.9 Å². The van der Waals surface area contributed by atoms with E-state index in [1.807, 2.05) is 24.3 Å². The summed E-state index contributed by atoms with van der Waals surface area (Å²) in [4.78, 5) is 20.8. The van der Waals surface area contributed by atoms with Crippen molar-refractivity contribution < 1.29 is 9.18 Å². The van der Waals surface area contributed by atoms with Crippen LogP contribution in [0, 0.1) is 5.82 Å². The summed E-state index contributed by atoms with van der Waals surface area (Å²) >= 11 is 0. The van der Waals surface area contributed by atoms with Crippen LogP contribution in [0.15, 0.2) is 73.1 Å². The van der Waals surface area contributed by atoms with E-state index in [1.54, 1.807) is 36.7 Å². The molecule has 29 heavy (non-hydrogen) atoms. The van der Waals surface area contributed by atoms with E-state index in [9.17, 15) is 9.18 Å². The molecule has 4 aromatic rings. The van der Waals surface area contributed by atoms with Gasteiger partial charge in [-0.3, -0.25) is 9.78 Å². The molecule has 0 atom stereocenters. The van der Waals surface area contributed by atoms with Gasteiger partial charge in [0.15, 0.2) is 0 Å². The Morgan fingerprint density at radius 2 is 1.83 bits per heavy atom. The Labute approximate surface area is 166 Å². The maximum atomic E-state index is 14.2. The van der Waals surface area contributed by atoms with Crippen LogP contribution in [0.3, 0.4) is 0 Å². The number of amides is 1. The minimum Gasteiger partial charge on any atom is -0.382 e. The van der Waals surface area contributed by atoms with Gasteiger partial charge in [-0.25, -0.2) is 9.37 Å². The maximum absolute atomic E-state index is 14.2. The van der Waals surface area contributed by atoms with Crippen LogP contribution in [0.2, 0.25) is 0 Å². The summed E-state index contributed by atoms with van der Waals surface area (Å²) in [7, 11) is 0. The third-order valence-electron chi connectivity index (χ3n) is 4.47. The number of nitrogens with zero attached hydrogens (tertiary/aromatic N) is 2. The highest BCUT2D eigenvalue weighted by Crippen LogP contribution is 2.20. The SMILES string of the molecule is Nc1ncccc1NCc1cc(NC(=O)c2cc3ccccc3cn2)ccc1F. The van der Waals surface area contributed by atoms with Crippen LogP contribution in [0.5, 0.6) is 0 Å². The highest BCUT2D eigenvalue weighted by atomic mass is 19.1. The standard InChI is InChI=1S/C22H18FN5O/c23-18-8-7-17(10-16(18)13-26-19-6-3-9-25-21(19)24)28-22(29)20-11-14-4-1-2-5-15(14)12-27-20/h1-12,26H,13H2,(H2,24,25)(H,28,29). The number of anilines is 3. The summed E-state index contributed by atoms with van der Waals surface area (Å²) in [6.45, 7) is 0.194. The van der Waals surface area contributed by atoms with Gasteiger partial charge in [-0.15, -0.1) is 0 Å². The zero-order valence-electron chi connectivity index (χ0n) is 15.4. The summed E-state index contributed by atoms with van der Waals surface area (Å²) in [6.07, 6.45) is 3.24. The number of aromatic nitrogens is 2. The Hall–Kier alpha value is -4.00. The fraction of sp³-hybridized carbons (Fsp3) is 0.0455. The van der Waals surface area contributed by atoms with Crippen LogP contribution in [0.4, 0.5) is 21.6 Å². The van der Waals surface area contributed by atoms with Crippen LogP contribution >= 0.6 is 0 Å². The minimum absolute atomic E-state index is 0.194. The third kappa shape index (κ3) is 4.14. The number of benzene rings is 2. The van der Waals surface area contributed by atoms with Crippen molar-refractivity contribution >= 4 is 33.9 Å². The molecule has 4 rings (SSSR count). The first-order valence-electron chi connectivity index (χ1n) is 8.99. The van der Waals surface area contributed by atoms with Gasteiger partial charge in [0.1, 0.15) is 17.3 Å². The zero-order chi connectivity index (χ0) is 20.2. The molecule has 6 nitrogen and oxygen atoms in total. The first-order chi connectivity index (χ1) is 14.1. The smallest absolute Gasteiger partial charge is 0.274 e. The topological polar surface area (TPSA) is 92.9 Å². The van der Waals surface area contributed by atoms with Gasteiger partial charge in [-0.05, 0) is 41.8 Å². The van der Waals surface area contributed by atoms with Gasteiger partial charge < -0.3 is 16.4 Å². The summed E-state index contributed by atoms with van der Waals surface area (Å²) in [5.41, 5.74) is 7.55. The lowest BCUT2D eigenvalue weighted by Crippen LogP contribution is -2.14. The molecule has 1 amide bonds. The molecule has 0 aliphatic rings. The second kappa shape index (κ2) is 7.93. The van der Waals surface area contributed by atoms with Gasteiger partial charge in [0.05, 0.1) is 5.69 Å². The Morgan fingerprint density at radius 3 is 2.66 bits per heavy atom. The zero-order valence-corrected chi connectivity index (χ0v) is 15.4. The Balaban J connectivity index is 1.50. The lowest BCUT2D eigenvalue weighted by Gasteiger charge is -2.11. The van der Waals surface area contributed by atoms with Crippen molar-refractivity contribution in [3.8, 4) is 0 Å². The number of hydrogen-bond acceptors (Lipinski definition) is 5. The largest absolute Gasteiger partial charge is 0.382 e. The van der Waals surface area contributed by atoms with E-state index in [0.29, 0.717) is 22.8 Å². The van der Waals surface area contributed by atoms with E-state index in [4.69, 9.17) is 5.73 Å². The number of carbonyl (C=O) groups excluding carboxylic acids is 1. The number of nitrogen functional groups attached to an aromatic ring is 1. The van der Waals surface area contributed by atoms with Gasteiger partial charge in [-0.2, -0.15) is 0 Å². The Kier molecular flexibility index (Phi) is 5.03. The van der Waals surface area contributed by atoms with Crippen molar-refractivity contribution in [3.05, 3.63) is 90.1 Å². The van der Waals surface area contributed by atoms with E-state index < -0.39 is 0 Å². The van der Waals surface area contributed by atoms with Crippen molar-refractivity contribution in [2.45, 2.75) is 6.54 Å². The number of pyridine rings is 2.